The van der Waals surface area contributed by atoms with Crippen LogP contribution in [0.2, 0.25) is 0 Å². The first-order valence-electron chi connectivity index (χ1n) is 6.31. The number of hydrogen-bond donors (Lipinski definition) is 1. The van der Waals surface area contributed by atoms with Crippen LogP contribution in [0.3, 0.4) is 0 Å². The Hall–Kier alpha value is -2.30. The van der Waals surface area contributed by atoms with Crippen LogP contribution in [0.4, 0.5) is 5.69 Å². The molecule has 0 bridgehead atoms. The third-order valence-corrected chi connectivity index (χ3v) is 3.52. The lowest BCUT2D eigenvalue weighted by Gasteiger charge is -2.27. The molecule has 19 heavy (non-hydrogen) atoms. The van der Waals surface area contributed by atoms with Crippen LogP contribution in [0.1, 0.15) is 12.0 Å². The van der Waals surface area contributed by atoms with Gasteiger partial charge in [-0.3, -0.25) is 14.3 Å². The number of nitrogens with one attached hydrogen (secondary N) is 1. The summed E-state index contributed by atoms with van der Waals surface area (Å²) in [5.74, 6) is 0. The molecule has 1 N–H and O–H groups in total. The van der Waals surface area contributed by atoms with Gasteiger partial charge in [0.2, 0.25) is 0 Å². The molecule has 5 nitrogen and oxygen atoms in total. The smallest absolute Gasteiger partial charge is 0.332 e. The summed E-state index contributed by atoms with van der Waals surface area (Å²) in [5, 5.41) is 0. The van der Waals surface area contributed by atoms with Crippen molar-refractivity contribution in [2.75, 3.05) is 18.5 Å². The van der Waals surface area contributed by atoms with Crippen molar-refractivity contribution in [1.82, 2.24) is 9.55 Å². The average molecular weight is 257 g/mol. The number of H-pyrrole nitrogens is 1. The Balaban J connectivity index is 2.12. The number of anilines is 1. The standard InChI is InChI=1S/C14H15N3O2/c1-16-7-2-3-10-9-11(4-5-12(10)16)17-8-6-13(18)15-14(17)19/h4-6,8-9H,2-3,7H2,1H3,(H,15,18,19). The Morgan fingerprint density at radius 2 is 2.05 bits per heavy atom. The van der Waals surface area contributed by atoms with Gasteiger partial charge in [0.25, 0.3) is 5.56 Å². The minimum atomic E-state index is -0.406. The van der Waals surface area contributed by atoms with Gasteiger partial charge in [0.05, 0.1) is 5.69 Å². The molecule has 0 amide bonds. The zero-order chi connectivity index (χ0) is 13.4. The average Bonchev–Trinajstić information content (AvgIpc) is 2.38. The summed E-state index contributed by atoms with van der Waals surface area (Å²) in [6, 6.07) is 7.30. The maximum Gasteiger partial charge on any atom is 0.332 e. The lowest BCUT2D eigenvalue weighted by molar-refractivity contribution is 0.742. The van der Waals surface area contributed by atoms with Crippen molar-refractivity contribution in [3.8, 4) is 5.69 Å². The van der Waals surface area contributed by atoms with Crippen molar-refractivity contribution in [2.24, 2.45) is 0 Å². The molecule has 1 aliphatic heterocycles. The lowest BCUT2D eigenvalue weighted by Crippen LogP contribution is -2.28. The molecule has 98 valence electrons. The molecule has 0 saturated heterocycles. The van der Waals surface area contributed by atoms with Crippen LogP contribution in [-0.2, 0) is 6.42 Å². The molecule has 0 fully saturated rings. The van der Waals surface area contributed by atoms with E-state index < -0.39 is 5.69 Å². The van der Waals surface area contributed by atoms with E-state index in [0.717, 1.165) is 25.1 Å². The molecule has 0 aliphatic carbocycles. The SMILES string of the molecule is CN1CCCc2cc(-n3ccc(=O)[nH]c3=O)ccc21. The summed E-state index contributed by atoms with van der Waals surface area (Å²) in [7, 11) is 2.07. The third-order valence-electron chi connectivity index (χ3n) is 3.52. The number of nitrogens with zero attached hydrogens (tertiary/aromatic N) is 2. The van der Waals surface area contributed by atoms with E-state index in [2.05, 4.69) is 16.9 Å². The van der Waals surface area contributed by atoms with E-state index in [4.69, 9.17) is 0 Å². The molecule has 2 aromatic rings. The number of rotatable bonds is 1. The molecule has 0 spiro atoms. The van der Waals surface area contributed by atoms with Crippen LogP contribution >= 0.6 is 0 Å². The van der Waals surface area contributed by atoms with Gasteiger partial charge in [-0.05, 0) is 36.6 Å². The first kappa shape index (κ1) is 11.8. The number of benzene rings is 1. The largest absolute Gasteiger partial charge is 0.374 e. The van der Waals surface area contributed by atoms with E-state index in [-0.39, 0.29) is 5.56 Å². The molecular weight excluding hydrogens is 242 g/mol. The van der Waals surface area contributed by atoms with E-state index in [1.54, 1.807) is 0 Å². The number of aromatic nitrogens is 2. The highest BCUT2D eigenvalue weighted by Crippen LogP contribution is 2.27. The van der Waals surface area contributed by atoms with Crippen molar-refractivity contribution < 1.29 is 0 Å². The molecular formula is C14H15N3O2. The van der Waals surface area contributed by atoms with Gasteiger partial charge in [0.15, 0.2) is 0 Å². The minimum absolute atomic E-state index is 0.376. The minimum Gasteiger partial charge on any atom is -0.374 e. The second kappa shape index (κ2) is 4.42. The van der Waals surface area contributed by atoms with Crippen LogP contribution in [0, 0.1) is 0 Å². The molecule has 0 atom stereocenters. The number of hydrogen-bond acceptors (Lipinski definition) is 3. The summed E-state index contributed by atoms with van der Waals surface area (Å²) < 4.78 is 1.45. The van der Waals surface area contributed by atoms with E-state index >= 15 is 0 Å². The van der Waals surface area contributed by atoms with Crippen molar-refractivity contribution in [2.45, 2.75) is 12.8 Å². The maximum absolute atomic E-state index is 11.8. The third kappa shape index (κ3) is 2.07. The molecule has 0 saturated carbocycles. The van der Waals surface area contributed by atoms with Crippen molar-refractivity contribution >= 4 is 5.69 Å². The highest BCUT2D eigenvalue weighted by Gasteiger charge is 2.14. The van der Waals surface area contributed by atoms with Gasteiger partial charge in [-0.2, -0.15) is 0 Å². The fourth-order valence-electron chi connectivity index (χ4n) is 2.54. The Bertz CT molecular complexity index is 730. The van der Waals surface area contributed by atoms with Gasteiger partial charge in [-0.25, -0.2) is 4.79 Å². The maximum atomic E-state index is 11.8. The van der Waals surface area contributed by atoms with Gasteiger partial charge in [0, 0.05) is 31.5 Å². The summed E-state index contributed by atoms with van der Waals surface area (Å²) in [6.07, 6.45) is 3.65. The number of aromatic amines is 1. The van der Waals surface area contributed by atoms with Gasteiger partial charge < -0.3 is 4.90 Å². The zero-order valence-corrected chi connectivity index (χ0v) is 10.7. The van der Waals surface area contributed by atoms with Crippen molar-refractivity contribution in [3.63, 3.8) is 0 Å². The molecule has 3 rings (SSSR count). The summed E-state index contributed by atoms with van der Waals surface area (Å²) in [6.45, 7) is 1.06. The van der Waals surface area contributed by atoms with Crippen molar-refractivity contribution in [1.29, 1.82) is 0 Å². The number of aryl methyl sites for hydroxylation is 1. The van der Waals surface area contributed by atoms with Crippen molar-refractivity contribution in [3.05, 3.63) is 56.9 Å². The van der Waals surface area contributed by atoms with E-state index in [9.17, 15) is 9.59 Å². The Labute approximate surface area is 110 Å². The van der Waals surface area contributed by atoms with Crippen LogP contribution in [0.25, 0.3) is 5.69 Å². The fraction of sp³-hybridized carbons (Fsp3) is 0.286. The van der Waals surface area contributed by atoms with Gasteiger partial charge >= 0.3 is 5.69 Å². The van der Waals surface area contributed by atoms with E-state index in [1.165, 1.54) is 28.1 Å². The second-order valence-corrected chi connectivity index (χ2v) is 4.82. The van der Waals surface area contributed by atoms with Gasteiger partial charge in [-0.15, -0.1) is 0 Å². The van der Waals surface area contributed by atoms with Gasteiger partial charge in [0.1, 0.15) is 0 Å². The van der Waals surface area contributed by atoms with Crippen LogP contribution in [-0.4, -0.2) is 23.1 Å². The van der Waals surface area contributed by atoms with Gasteiger partial charge in [-0.1, -0.05) is 0 Å². The predicted octanol–water partition coefficient (Wildman–Crippen LogP) is 0.908. The molecule has 1 aliphatic rings. The highest BCUT2D eigenvalue weighted by atomic mass is 16.2. The van der Waals surface area contributed by atoms with Crippen LogP contribution in [0.15, 0.2) is 40.1 Å². The van der Waals surface area contributed by atoms with E-state index in [0.29, 0.717) is 0 Å². The molecule has 1 aromatic heterocycles. The molecule has 1 aromatic carbocycles. The predicted molar refractivity (Wildman–Crippen MR) is 74.3 cm³/mol. The molecule has 0 unspecified atom stereocenters. The van der Waals surface area contributed by atoms with E-state index in [1.807, 2.05) is 18.2 Å². The normalized spacial score (nSPS) is 14.3. The Morgan fingerprint density at radius 1 is 1.21 bits per heavy atom. The van der Waals surface area contributed by atoms with Crippen LogP contribution in [0.5, 0.6) is 0 Å². The summed E-state index contributed by atoms with van der Waals surface area (Å²) >= 11 is 0. The summed E-state index contributed by atoms with van der Waals surface area (Å²) in [5.41, 5.74) is 2.46. The van der Waals surface area contributed by atoms with Crippen LogP contribution < -0.4 is 16.1 Å². The summed E-state index contributed by atoms with van der Waals surface area (Å²) in [4.78, 5) is 27.3. The fourth-order valence-corrected chi connectivity index (χ4v) is 2.54. The zero-order valence-electron chi connectivity index (χ0n) is 10.7. The monoisotopic (exact) mass is 257 g/mol. The Morgan fingerprint density at radius 3 is 2.84 bits per heavy atom. The molecule has 0 radical (unpaired) electrons. The Kier molecular flexibility index (Phi) is 2.74. The topological polar surface area (TPSA) is 58.1 Å². The quantitative estimate of drug-likeness (QED) is 0.826. The molecule has 5 heteroatoms. The number of fused-ring (bicyclic) bond motifs is 1. The highest BCUT2D eigenvalue weighted by molar-refractivity contribution is 5.58. The first-order chi connectivity index (χ1) is 9.15. The first-order valence-corrected chi connectivity index (χ1v) is 6.31. The second-order valence-electron chi connectivity index (χ2n) is 4.82. The lowest BCUT2D eigenvalue weighted by atomic mass is 10.0. The molecule has 2 heterocycles.